The Balaban J connectivity index is 2.98. The molecule has 0 bridgehead atoms. The van der Waals surface area contributed by atoms with Crippen LogP contribution in [-0.4, -0.2) is 63.4 Å². The van der Waals surface area contributed by atoms with Crippen LogP contribution < -0.4 is 5.32 Å². The molecular weight excluding hydrogens is 316 g/mol. The van der Waals surface area contributed by atoms with Crippen LogP contribution in [0, 0.1) is 5.41 Å². The standard InChI is InChI=1S/C16H28N2O6/c1-15(2,3)11(17-14(23)24-16(4,5)6)12(20)18-8-9(19)7-10(18)13(21)22/h9-11,19H,7-8H2,1-6H3,(H,17,23)(H,21,22)/t9?,10?,11-/m0/s1. The number of carboxylic acids is 1. The van der Waals surface area contributed by atoms with Gasteiger partial charge < -0.3 is 25.2 Å². The third kappa shape index (κ3) is 5.36. The molecule has 0 aliphatic carbocycles. The Morgan fingerprint density at radius 2 is 1.71 bits per heavy atom. The lowest BCUT2D eigenvalue weighted by Gasteiger charge is -2.35. The molecule has 1 rings (SSSR count). The molecule has 3 N–H and O–H groups in total. The van der Waals surface area contributed by atoms with E-state index in [1.807, 2.05) is 0 Å². The zero-order valence-corrected chi connectivity index (χ0v) is 15.1. The maximum Gasteiger partial charge on any atom is 0.408 e. The second-order valence-corrected chi connectivity index (χ2v) is 8.18. The minimum Gasteiger partial charge on any atom is -0.480 e. The summed E-state index contributed by atoms with van der Waals surface area (Å²) < 4.78 is 5.19. The van der Waals surface area contributed by atoms with E-state index in [0.717, 1.165) is 4.90 Å². The van der Waals surface area contributed by atoms with Crippen molar-refractivity contribution < 1.29 is 29.3 Å². The van der Waals surface area contributed by atoms with Gasteiger partial charge in [-0.05, 0) is 26.2 Å². The number of carbonyl (C=O) groups excluding carboxylic acids is 2. The lowest BCUT2D eigenvalue weighted by molar-refractivity contribution is -0.150. The number of likely N-dealkylation sites (tertiary alicyclic amines) is 1. The van der Waals surface area contributed by atoms with Gasteiger partial charge in [-0.15, -0.1) is 0 Å². The number of ether oxygens (including phenoxy) is 1. The molecule has 0 aromatic carbocycles. The van der Waals surface area contributed by atoms with Gasteiger partial charge in [0.1, 0.15) is 17.7 Å². The van der Waals surface area contributed by atoms with Crippen molar-refractivity contribution >= 4 is 18.0 Å². The average molecular weight is 344 g/mol. The number of aliphatic hydroxyl groups excluding tert-OH is 1. The molecule has 0 saturated carbocycles. The molecule has 138 valence electrons. The summed E-state index contributed by atoms with van der Waals surface area (Å²) in [4.78, 5) is 37.3. The molecule has 8 heteroatoms. The minimum absolute atomic E-state index is 0.0234. The summed E-state index contributed by atoms with van der Waals surface area (Å²) in [5.74, 6) is -1.72. The number of carboxylic acid groups (broad SMARTS) is 1. The molecule has 3 atom stereocenters. The quantitative estimate of drug-likeness (QED) is 0.702. The highest BCUT2D eigenvalue weighted by Crippen LogP contribution is 2.26. The summed E-state index contributed by atoms with van der Waals surface area (Å²) in [6.07, 6.45) is -1.66. The van der Waals surface area contributed by atoms with Crippen LogP contribution in [0.15, 0.2) is 0 Å². The number of hydrogen-bond acceptors (Lipinski definition) is 5. The lowest BCUT2D eigenvalue weighted by Crippen LogP contribution is -2.57. The van der Waals surface area contributed by atoms with Gasteiger partial charge in [0.2, 0.25) is 5.91 Å². The highest BCUT2D eigenvalue weighted by molar-refractivity contribution is 5.90. The van der Waals surface area contributed by atoms with E-state index in [1.54, 1.807) is 41.5 Å². The SMILES string of the molecule is CC(C)(C)OC(=O)N[C@@H](C(=O)N1CC(O)CC1C(=O)O)C(C)(C)C. The predicted molar refractivity (Wildman–Crippen MR) is 86.4 cm³/mol. The van der Waals surface area contributed by atoms with Crippen LogP contribution in [-0.2, 0) is 14.3 Å². The summed E-state index contributed by atoms with van der Waals surface area (Å²) in [7, 11) is 0. The van der Waals surface area contributed by atoms with E-state index in [0.29, 0.717) is 0 Å². The molecule has 2 amide bonds. The summed E-state index contributed by atoms with van der Waals surface area (Å²) >= 11 is 0. The Labute approximate surface area is 142 Å². The van der Waals surface area contributed by atoms with E-state index < -0.39 is 47.2 Å². The first-order valence-corrected chi connectivity index (χ1v) is 7.93. The van der Waals surface area contributed by atoms with E-state index in [9.17, 15) is 24.6 Å². The predicted octanol–water partition coefficient (Wildman–Crippen LogP) is 0.972. The van der Waals surface area contributed by atoms with Gasteiger partial charge in [-0.25, -0.2) is 9.59 Å². The fourth-order valence-corrected chi connectivity index (χ4v) is 2.53. The smallest absolute Gasteiger partial charge is 0.408 e. The molecule has 24 heavy (non-hydrogen) atoms. The Morgan fingerprint density at radius 3 is 2.12 bits per heavy atom. The van der Waals surface area contributed by atoms with Gasteiger partial charge >= 0.3 is 12.1 Å². The number of hydrogen-bond donors (Lipinski definition) is 3. The van der Waals surface area contributed by atoms with E-state index in [-0.39, 0.29) is 13.0 Å². The van der Waals surface area contributed by atoms with Crippen LogP contribution in [0.4, 0.5) is 4.79 Å². The van der Waals surface area contributed by atoms with Crippen molar-refractivity contribution in [3.63, 3.8) is 0 Å². The number of carbonyl (C=O) groups is 3. The van der Waals surface area contributed by atoms with Crippen molar-refractivity contribution in [2.75, 3.05) is 6.54 Å². The fraction of sp³-hybridized carbons (Fsp3) is 0.812. The summed E-state index contributed by atoms with van der Waals surface area (Å²) in [6.45, 7) is 10.3. The molecular formula is C16H28N2O6. The van der Waals surface area contributed by atoms with Crippen LogP contribution in [0.5, 0.6) is 0 Å². The molecule has 2 unspecified atom stereocenters. The number of nitrogens with one attached hydrogen (secondary N) is 1. The first-order valence-electron chi connectivity index (χ1n) is 7.93. The average Bonchev–Trinajstić information content (AvgIpc) is 2.74. The molecule has 1 fully saturated rings. The lowest BCUT2D eigenvalue weighted by atomic mass is 9.85. The number of aliphatic carboxylic acids is 1. The van der Waals surface area contributed by atoms with E-state index in [2.05, 4.69) is 5.32 Å². The van der Waals surface area contributed by atoms with Gasteiger partial charge in [0, 0.05) is 13.0 Å². The molecule has 8 nitrogen and oxygen atoms in total. The molecule has 0 spiro atoms. The third-order valence-corrected chi connectivity index (χ3v) is 3.62. The fourth-order valence-electron chi connectivity index (χ4n) is 2.53. The number of aliphatic hydroxyl groups is 1. The maximum absolute atomic E-state index is 12.8. The zero-order valence-electron chi connectivity index (χ0n) is 15.1. The third-order valence-electron chi connectivity index (χ3n) is 3.62. The van der Waals surface area contributed by atoms with Crippen molar-refractivity contribution in [2.24, 2.45) is 5.41 Å². The zero-order chi connectivity index (χ0) is 18.9. The van der Waals surface area contributed by atoms with Crippen molar-refractivity contribution in [2.45, 2.75) is 71.8 Å². The van der Waals surface area contributed by atoms with Crippen molar-refractivity contribution in [3.05, 3.63) is 0 Å². The number of nitrogens with zero attached hydrogens (tertiary/aromatic N) is 1. The van der Waals surface area contributed by atoms with Gasteiger partial charge in [-0.2, -0.15) is 0 Å². The Kier molecular flexibility index (Phi) is 5.86. The molecule has 1 aliphatic rings. The number of amides is 2. The second-order valence-electron chi connectivity index (χ2n) is 8.18. The Bertz CT molecular complexity index is 506. The van der Waals surface area contributed by atoms with Crippen molar-refractivity contribution in [1.82, 2.24) is 10.2 Å². The topological polar surface area (TPSA) is 116 Å². The highest BCUT2D eigenvalue weighted by atomic mass is 16.6. The van der Waals surface area contributed by atoms with Crippen LogP contribution in [0.25, 0.3) is 0 Å². The van der Waals surface area contributed by atoms with Crippen LogP contribution in [0.3, 0.4) is 0 Å². The monoisotopic (exact) mass is 344 g/mol. The molecule has 1 aliphatic heterocycles. The highest BCUT2D eigenvalue weighted by Gasteiger charge is 2.44. The largest absolute Gasteiger partial charge is 0.480 e. The molecule has 1 saturated heterocycles. The first-order chi connectivity index (χ1) is 10.7. The number of β-amino-alcohol motifs (C(OH)–C–C–N with tert-alkyl or cyclic N) is 1. The Morgan fingerprint density at radius 1 is 1.17 bits per heavy atom. The number of rotatable bonds is 3. The minimum atomic E-state index is -1.18. The normalized spacial score (nSPS) is 22.9. The van der Waals surface area contributed by atoms with E-state index in [4.69, 9.17) is 4.74 Å². The number of alkyl carbamates (subject to hydrolysis) is 1. The van der Waals surface area contributed by atoms with E-state index >= 15 is 0 Å². The van der Waals surface area contributed by atoms with Crippen LogP contribution >= 0.6 is 0 Å². The molecule has 0 aromatic rings. The van der Waals surface area contributed by atoms with Gasteiger partial charge in [-0.1, -0.05) is 20.8 Å². The van der Waals surface area contributed by atoms with Gasteiger partial charge in [-0.3, -0.25) is 4.79 Å². The van der Waals surface area contributed by atoms with E-state index in [1.165, 1.54) is 0 Å². The maximum atomic E-state index is 12.8. The van der Waals surface area contributed by atoms with Crippen molar-refractivity contribution in [1.29, 1.82) is 0 Å². The second kappa shape index (κ2) is 6.96. The van der Waals surface area contributed by atoms with Gasteiger partial charge in [0.15, 0.2) is 0 Å². The van der Waals surface area contributed by atoms with Gasteiger partial charge in [0.25, 0.3) is 0 Å². The first kappa shape index (κ1) is 20.2. The van der Waals surface area contributed by atoms with Crippen LogP contribution in [0.2, 0.25) is 0 Å². The summed E-state index contributed by atoms with van der Waals surface area (Å²) in [5.41, 5.74) is -1.38. The molecule has 0 radical (unpaired) electrons. The van der Waals surface area contributed by atoms with Crippen LogP contribution in [0.1, 0.15) is 48.0 Å². The summed E-state index contributed by atoms with van der Waals surface area (Å²) in [5, 5.41) is 21.5. The molecule has 0 aromatic heterocycles. The summed E-state index contributed by atoms with van der Waals surface area (Å²) in [6, 6.07) is -2.07. The van der Waals surface area contributed by atoms with Crippen molar-refractivity contribution in [3.8, 4) is 0 Å². The Hall–Kier alpha value is -1.83. The molecule has 1 heterocycles. The van der Waals surface area contributed by atoms with Gasteiger partial charge in [0.05, 0.1) is 6.10 Å².